The largest absolute Gasteiger partial charge is 0.379 e. The Hall–Kier alpha value is -4.15. The van der Waals surface area contributed by atoms with Crippen molar-refractivity contribution in [2.45, 2.75) is 32.4 Å². The lowest BCUT2D eigenvalue weighted by Crippen LogP contribution is -2.36. The molecule has 0 aliphatic carbocycles. The first-order valence-electron chi connectivity index (χ1n) is 9.46. The molecule has 31 heavy (non-hydrogen) atoms. The van der Waals surface area contributed by atoms with Crippen molar-refractivity contribution in [2.75, 3.05) is 11.1 Å². The first kappa shape index (κ1) is 21.6. The van der Waals surface area contributed by atoms with E-state index in [1.54, 1.807) is 24.3 Å². The van der Waals surface area contributed by atoms with Crippen LogP contribution in [-0.2, 0) is 16.1 Å². The van der Waals surface area contributed by atoms with Gasteiger partial charge in [0.25, 0.3) is 11.5 Å². The molecule has 3 aromatic rings. The zero-order valence-corrected chi connectivity index (χ0v) is 16.7. The Labute approximate surface area is 176 Å². The van der Waals surface area contributed by atoms with Crippen molar-refractivity contribution in [1.82, 2.24) is 25.3 Å². The molecule has 0 aliphatic rings. The fourth-order valence-corrected chi connectivity index (χ4v) is 2.77. The van der Waals surface area contributed by atoms with Crippen molar-refractivity contribution in [1.29, 1.82) is 0 Å². The maximum Gasteiger partial charge on any atom is 0.280 e. The van der Waals surface area contributed by atoms with Crippen LogP contribution in [-0.4, -0.2) is 44.0 Å². The van der Waals surface area contributed by atoms with E-state index in [0.717, 1.165) is 0 Å². The summed E-state index contributed by atoms with van der Waals surface area (Å²) in [5.41, 5.74) is 6.88. The summed E-state index contributed by atoms with van der Waals surface area (Å²) in [4.78, 5) is 61.0. The lowest BCUT2D eigenvalue weighted by atomic mass is 10.1. The van der Waals surface area contributed by atoms with E-state index in [1.165, 1.54) is 13.1 Å². The molecule has 5 N–H and O–H groups in total. The first-order valence-corrected chi connectivity index (χ1v) is 9.46. The Bertz CT molecular complexity index is 1170. The number of rotatable bonds is 9. The molecule has 2 heterocycles. The number of carbonyl (C=O) groups excluding carboxylic acids is 3. The standard InChI is InChI=1S/C20H21N7O4/c1-11(29)2-5-14(10-28)25-18(30)12-3-6-13(7-4-12)22-8-15-9-23-17-16(24-15)19(31)27-20(21)26-17/h3-4,6-7,9-10,14,22H,2,5,8H2,1H3,(H,25,30)(H3,21,23,26,27,31). The van der Waals surface area contributed by atoms with Gasteiger partial charge in [0.2, 0.25) is 5.95 Å². The topological polar surface area (TPSA) is 173 Å². The summed E-state index contributed by atoms with van der Waals surface area (Å²) in [7, 11) is 0. The Kier molecular flexibility index (Phi) is 6.65. The molecule has 1 aromatic carbocycles. The van der Waals surface area contributed by atoms with E-state index in [2.05, 4.69) is 30.6 Å². The minimum absolute atomic E-state index is 0.0277. The van der Waals surface area contributed by atoms with Gasteiger partial charge < -0.3 is 26.0 Å². The van der Waals surface area contributed by atoms with Crippen molar-refractivity contribution < 1.29 is 14.4 Å². The van der Waals surface area contributed by atoms with Crippen LogP contribution >= 0.6 is 0 Å². The molecule has 1 amide bonds. The van der Waals surface area contributed by atoms with Crippen molar-refractivity contribution in [2.24, 2.45) is 0 Å². The number of benzene rings is 1. The number of amides is 1. The smallest absolute Gasteiger partial charge is 0.280 e. The van der Waals surface area contributed by atoms with E-state index in [9.17, 15) is 19.2 Å². The van der Waals surface area contributed by atoms with Gasteiger partial charge in [0.05, 0.1) is 24.5 Å². The molecule has 160 valence electrons. The summed E-state index contributed by atoms with van der Waals surface area (Å²) in [5, 5.41) is 5.72. The van der Waals surface area contributed by atoms with Crippen LogP contribution in [0.4, 0.5) is 11.6 Å². The predicted octanol–water partition coefficient (Wildman–Crippen LogP) is 0.574. The minimum Gasteiger partial charge on any atom is -0.379 e. The van der Waals surface area contributed by atoms with Crippen molar-refractivity contribution >= 4 is 40.8 Å². The lowest BCUT2D eigenvalue weighted by Gasteiger charge is -2.12. The highest BCUT2D eigenvalue weighted by Gasteiger charge is 2.14. The number of H-pyrrole nitrogens is 1. The maximum absolute atomic E-state index is 12.3. The predicted molar refractivity (Wildman–Crippen MR) is 113 cm³/mol. The van der Waals surface area contributed by atoms with Crippen LogP contribution in [0.25, 0.3) is 11.2 Å². The van der Waals surface area contributed by atoms with Gasteiger partial charge in [-0.1, -0.05) is 0 Å². The van der Waals surface area contributed by atoms with Crippen LogP contribution in [0.15, 0.2) is 35.3 Å². The molecular formula is C20H21N7O4. The molecule has 2 aromatic heterocycles. The summed E-state index contributed by atoms with van der Waals surface area (Å²) in [5.74, 6) is -0.476. The molecule has 0 fully saturated rings. The van der Waals surface area contributed by atoms with Crippen molar-refractivity contribution in [3.63, 3.8) is 0 Å². The monoisotopic (exact) mass is 423 g/mol. The van der Waals surface area contributed by atoms with E-state index in [4.69, 9.17) is 5.73 Å². The fraction of sp³-hybridized carbons (Fsp3) is 0.250. The van der Waals surface area contributed by atoms with Gasteiger partial charge in [-0.15, -0.1) is 0 Å². The van der Waals surface area contributed by atoms with Crippen LogP contribution in [0.1, 0.15) is 35.8 Å². The molecule has 0 spiro atoms. The third-order valence-corrected chi connectivity index (χ3v) is 4.39. The number of aromatic amines is 1. The van der Waals surface area contributed by atoms with E-state index < -0.39 is 17.5 Å². The Morgan fingerprint density at radius 2 is 1.97 bits per heavy atom. The van der Waals surface area contributed by atoms with Crippen LogP contribution < -0.4 is 21.9 Å². The molecule has 0 radical (unpaired) electrons. The number of Topliss-reactive ketones (excluding diaryl/α,β-unsaturated/α-hetero) is 1. The van der Waals surface area contributed by atoms with Gasteiger partial charge in [-0.05, 0) is 37.6 Å². The van der Waals surface area contributed by atoms with Crippen LogP contribution in [0, 0.1) is 0 Å². The number of nitrogens with two attached hydrogens (primary N) is 1. The normalized spacial score (nSPS) is 11.6. The SMILES string of the molecule is CC(=O)CCC(C=O)NC(=O)c1ccc(NCc2cnc3nc(N)[nH]c(=O)c3n2)cc1. The molecule has 1 unspecified atom stereocenters. The highest BCUT2D eigenvalue weighted by Crippen LogP contribution is 2.12. The van der Waals surface area contributed by atoms with Gasteiger partial charge in [0.1, 0.15) is 12.1 Å². The summed E-state index contributed by atoms with van der Waals surface area (Å²) < 4.78 is 0. The number of hydrogen-bond acceptors (Lipinski definition) is 9. The van der Waals surface area contributed by atoms with Crippen LogP contribution in [0.3, 0.4) is 0 Å². The zero-order valence-electron chi connectivity index (χ0n) is 16.7. The Balaban J connectivity index is 1.61. The molecule has 1 atom stereocenters. The van der Waals surface area contributed by atoms with Gasteiger partial charge in [0, 0.05) is 17.7 Å². The number of carbonyl (C=O) groups is 3. The Morgan fingerprint density at radius 1 is 1.23 bits per heavy atom. The van der Waals surface area contributed by atoms with Gasteiger partial charge in [0.15, 0.2) is 11.2 Å². The van der Waals surface area contributed by atoms with Gasteiger partial charge in [-0.25, -0.2) is 9.97 Å². The zero-order chi connectivity index (χ0) is 22.4. The number of anilines is 2. The molecule has 0 saturated carbocycles. The maximum atomic E-state index is 12.3. The van der Waals surface area contributed by atoms with E-state index in [0.29, 0.717) is 23.2 Å². The molecule has 3 rings (SSSR count). The summed E-state index contributed by atoms with van der Waals surface area (Å²) >= 11 is 0. The number of aldehydes is 1. The number of hydrogen-bond donors (Lipinski definition) is 4. The molecule has 0 aliphatic heterocycles. The fourth-order valence-electron chi connectivity index (χ4n) is 2.77. The third-order valence-electron chi connectivity index (χ3n) is 4.39. The number of nitrogens with zero attached hydrogens (tertiary/aromatic N) is 3. The van der Waals surface area contributed by atoms with Crippen LogP contribution in [0.5, 0.6) is 0 Å². The summed E-state index contributed by atoms with van der Waals surface area (Å²) in [6, 6.07) is 5.89. The van der Waals surface area contributed by atoms with E-state index >= 15 is 0 Å². The van der Waals surface area contributed by atoms with E-state index in [-0.39, 0.29) is 42.3 Å². The average Bonchev–Trinajstić information content (AvgIpc) is 2.75. The van der Waals surface area contributed by atoms with Crippen molar-refractivity contribution in [3.05, 3.63) is 52.1 Å². The molecule has 0 saturated heterocycles. The van der Waals surface area contributed by atoms with Crippen LogP contribution in [0.2, 0.25) is 0 Å². The second-order valence-electron chi connectivity index (χ2n) is 6.87. The van der Waals surface area contributed by atoms with Gasteiger partial charge >= 0.3 is 0 Å². The number of ketones is 1. The number of nitrogens with one attached hydrogen (secondary N) is 3. The number of nitrogen functional groups attached to an aromatic ring is 1. The average molecular weight is 423 g/mol. The molecule has 0 bridgehead atoms. The molecular weight excluding hydrogens is 402 g/mol. The minimum atomic E-state index is -0.714. The molecule has 11 nitrogen and oxygen atoms in total. The van der Waals surface area contributed by atoms with Gasteiger partial charge in [-0.3, -0.25) is 14.6 Å². The second-order valence-corrected chi connectivity index (χ2v) is 6.87. The quantitative estimate of drug-likeness (QED) is 0.359. The number of fused-ring (bicyclic) bond motifs is 1. The summed E-state index contributed by atoms with van der Waals surface area (Å²) in [6.07, 6.45) is 2.60. The first-order chi connectivity index (χ1) is 14.9. The number of aromatic nitrogens is 4. The third kappa shape index (κ3) is 5.69. The highest BCUT2D eigenvalue weighted by molar-refractivity contribution is 5.96. The highest BCUT2D eigenvalue weighted by atomic mass is 16.2. The van der Waals surface area contributed by atoms with Gasteiger partial charge in [-0.2, -0.15) is 4.98 Å². The Morgan fingerprint density at radius 3 is 2.65 bits per heavy atom. The van der Waals surface area contributed by atoms with E-state index in [1.807, 2.05) is 0 Å². The van der Waals surface area contributed by atoms with Crippen molar-refractivity contribution in [3.8, 4) is 0 Å². The summed E-state index contributed by atoms with van der Waals surface area (Å²) in [6.45, 7) is 1.72. The second kappa shape index (κ2) is 9.57. The lowest BCUT2D eigenvalue weighted by molar-refractivity contribution is -0.117. The molecule has 11 heteroatoms.